The van der Waals surface area contributed by atoms with Crippen LogP contribution in [0.1, 0.15) is 36.8 Å². The van der Waals surface area contributed by atoms with Crippen LogP contribution in [0.15, 0.2) is 29.0 Å². The van der Waals surface area contributed by atoms with E-state index in [1.807, 2.05) is 18.5 Å². The lowest BCUT2D eigenvalue weighted by Gasteiger charge is -2.29. The minimum atomic E-state index is 0. The van der Waals surface area contributed by atoms with Gasteiger partial charge in [-0.15, -0.1) is 12.4 Å². The number of nitrogens with zero attached hydrogens (tertiary/aromatic N) is 5. The van der Waals surface area contributed by atoms with Crippen LogP contribution in [0.5, 0.6) is 0 Å². The molecule has 4 heterocycles. The lowest BCUT2D eigenvalue weighted by molar-refractivity contribution is 0.374. The van der Waals surface area contributed by atoms with Gasteiger partial charge in [-0.3, -0.25) is 0 Å². The van der Waals surface area contributed by atoms with E-state index >= 15 is 0 Å². The SMILES string of the molecule is CC(C)c1noc2c1-c1nc(Nc3ccc(N4CCNCC4)cn3)ncc1CC2.Cl. The molecule has 1 fully saturated rings. The molecule has 0 spiro atoms. The molecule has 0 amide bonds. The van der Waals surface area contributed by atoms with E-state index in [1.165, 1.54) is 0 Å². The maximum atomic E-state index is 5.58. The molecule has 0 aromatic carbocycles. The van der Waals surface area contributed by atoms with Crippen molar-refractivity contribution in [3.8, 4) is 11.3 Å². The normalized spacial score (nSPS) is 15.4. The Balaban J connectivity index is 0.00000218. The van der Waals surface area contributed by atoms with Gasteiger partial charge in [0.2, 0.25) is 5.95 Å². The van der Waals surface area contributed by atoms with Gasteiger partial charge in [-0.25, -0.2) is 15.0 Å². The number of hydrogen-bond acceptors (Lipinski definition) is 8. The van der Waals surface area contributed by atoms with Crippen molar-refractivity contribution in [3.63, 3.8) is 0 Å². The third kappa shape index (κ3) is 3.85. The Morgan fingerprint density at radius 1 is 1.10 bits per heavy atom. The molecule has 30 heavy (non-hydrogen) atoms. The van der Waals surface area contributed by atoms with Crippen molar-refractivity contribution in [1.29, 1.82) is 0 Å². The number of aromatic nitrogens is 4. The van der Waals surface area contributed by atoms with E-state index in [0.29, 0.717) is 5.95 Å². The van der Waals surface area contributed by atoms with E-state index < -0.39 is 0 Å². The summed E-state index contributed by atoms with van der Waals surface area (Å²) < 4.78 is 5.58. The first-order chi connectivity index (χ1) is 14.2. The van der Waals surface area contributed by atoms with Gasteiger partial charge in [-0.1, -0.05) is 19.0 Å². The smallest absolute Gasteiger partial charge is 0.228 e. The van der Waals surface area contributed by atoms with Crippen LogP contribution >= 0.6 is 12.4 Å². The minimum Gasteiger partial charge on any atom is -0.368 e. The van der Waals surface area contributed by atoms with Gasteiger partial charge in [0.15, 0.2) is 0 Å². The largest absolute Gasteiger partial charge is 0.368 e. The molecule has 9 heteroatoms. The summed E-state index contributed by atoms with van der Waals surface area (Å²) >= 11 is 0. The first kappa shape index (κ1) is 20.6. The quantitative estimate of drug-likeness (QED) is 0.655. The Kier molecular flexibility index (Phi) is 5.87. The third-order valence-electron chi connectivity index (χ3n) is 5.53. The fourth-order valence-electron chi connectivity index (χ4n) is 3.96. The molecule has 3 aromatic heterocycles. The van der Waals surface area contributed by atoms with E-state index in [2.05, 4.69) is 50.6 Å². The van der Waals surface area contributed by atoms with Crippen LogP contribution in [0.4, 0.5) is 17.5 Å². The van der Waals surface area contributed by atoms with Crippen molar-refractivity contribution in [2.75, 3.05) is 36.4 Å². The second-order valence-electron chi connectivity index (χ2n) is 7.85. The van der Waals surface area contributed by atoms with Gasteiger partial charge in [-0.2, -0.15) is 0 Å². The predicted octanol–water partition coefficient (Wildman–Crippen LogP) is 3.32. The van der Waals surface area contributed by atoms with Gasteiger partial charge < -0.3 is 20.1 Å². The van der Waals surface area contributed by atoms with Crippen molar-refractivity contribution in [2.24, 2.45) is 0 Å². The van der Waals surface area contributed by atoms with Crippen molar-refractivity contribution < 1.29 is 4.52 Å². The van der Waals surface area contributed by atoms with Gasteiger partial charge in [0, 0.05) is 38.8 Å². The molecule has 2 aliphatic rings. The van der Waals surface area contributed by atoms with E-state index in [1.54, 1.807) is 0 Å². The number of fused-ring (bicyclic) bond motifs is 3. The molecule has 1 aliphatic carbocycles. The summed E-state index contributed by atoms with van der Waals surface area (Å²) in [4.78, 5) is 16.2. The maximum Gasteiger partial charge on any atom is 0.228 e. The highest BCUT2D eigenvalue weighted by atomic mass is 35.5. The second kappa shape index (κ2) is 8.57. The molecule has 158 valence electrons. The highest BCUT2D eigenvalue weighted by molar-refractivity contribution is 5.85. The number of piperazine rings is 1. The number of anilines is 3. The Labute approximate surface area is 181 Å². The predicted molar refractivity (Wildman–Crippen MR) is 119 cm³/mol. The molecule has 3 aromatic rings. The summed E-state index contributed by atoms with van der Waals surface area (Å²) in [5.41, 5.74) is 5.19. The highest BCUT2D eigenvalue weighted by Crippen LogP contribution is 2.37. The van der Waals surface area contributed by atoms with Gasteiger partial charge in [0.1, 0.15) is 11.6 Å². The summed E-state index contributed by atoms with van der Waals surface area (Å²) in [5, 5.41) is 10.9. The van der Waals surface area contributed by atoms with Crippen molar-refractivity contribution in [1.82, 2.24) is 25.4 Å². The third-order valence-corrected chi connectivity index (χ3v) is 5.53. The van der Waals surface area contributed by atoms with E-state index in [4.69, 9.17) is 9.51 Å². The first-order valence-electron chi connectivity index (χ1n) is 10.2. The van der Waals surface area contributed by atoms with Crippen LogP contribution in [-0.4, -0.2) is 46.3 Å². The van der Waals surface area contributed by atoms with Crippen molar-refractivity contribution >= 4 is 29.9 Å². The number of halogens is 1. The Hall–Kier alpha value is -2.71. The van der Waals surface area contributed by atoms with Crippen LogP contribution < -0.4 is 15.5 Å². The standard InChI is InChI=1S/C21H25N7O.ClH/c1-13(2)19-18-16(29-27-19)5-3-14-11-24-21(26-20(14)18)25-17-6-4-15(12-23-17)28-9-7-22-8-10-28;/h4,6,11-13,22H,3,5,7-10H2,1-2H3,(H,23,24,25,26);1H. The van der Waals surface area contributed by atoms with Crippen molar-refractivity contribution in [2.45, 2.75) is 32.6 Å². The summed E-state index contributed by atoms with van der Waals surface area (Å²) in [6.45, 7) is 8.26. The first-order valence-corrected chi connectivity index (χ1v) is 10.2. The fraction of sp³-hybridized carbons (Fsp3) is 0.429. The number of rotatable bonds is 4. The molecule has 0 unspecified atom stereocenters. The molecular weight excluding hydrogens is 402 g/mol. The zero-order chi connectivity index (χ0) is 19.8. The molecule has 1 aliphatic heterocycles. The molecule has 5 rings (SSSR count). The van der Waals surface area contributed by atoms with E-state index in [0.717, 1.165) is 78.8 Å². The Morgan fingerprint density at radius 2 is 1.93 bits per heavy atom. The van der Waals surface area contributed by atoms with Crippen molar-refractivity contribution in [3.05, 3.63) is 41.5 Å². The molecule has 8 nitrogen and oxygen atoms in total. The van der Waals surface area contributed by atoms with Crippen LogP contribution in [0.2, 0.25) is 0 Å². The maximum absolute atomic E-state index is 5.58. The summed E-state index contributed by atoms with van der Waals surface area (Å²) in [6.07, 6.45) is 5.51. The Bertz CT molecular complexity index is 1010. The molecule has 1 saturated heterocycles. The lowest BCUT2D eigenvalue weighted by atomic mass is 9.91. The van der Waals surface area contributed by atoms with Gasteiger partial charge in [-0.05, 0) is 30.0 Å². The molecule has 0 saturated carbocycles. The van der Waals surface area contributed by atoms with Crippen LogP contribution in [0.25, 0.3) is 11.3 Å². The number of pyridine rings is 1. The average molecular weight is 428 g/mol. The second-order valence-corrected chi connectivity index (χ2v) is 7.85. The molecule has 0 atom stereocenters. The summed E-state index contributed by atoms with van der Waals surface area (Å²) in [5.74, 6) is 2.47. The lowest BCUT2D eigenvalue weighted by Crippen LogP contribution is -2.43. The number of nitrogens with one attached hydrogen (secondary N) is 2. The van der Waals surface area contributed by atoms with Crippen LogP contribution in [0, 0.1) is 0 Å². The number of hydrogen-bond donors (Lipinski definition) is 2. The average Bonchev–Trinajstić information content (AvgIpc) is 3.20. The monoisotopic (exact) mass is 427 g/mol. The number of aryl methyl sites for hydroxylation is 2. The van der Waals surface area contributed by atoms with Gasteiger partial charge in [0.05, 0.1) is 28.8 Å². The molecule has 2 N–H and O–H groups in total. The van der Waals surface area contributed by atoms with E-state index in [9.17, 15) is 0 Å². The van der Waals surface area contributed by atoms with Gasteiger partial charge in [0.25, 0.3) is 0 Å². The summed E-state index contributed by atoms with van der Waals surface area (Å²) in [7, 11) is 0. The Morgan fingerprint density at radius 3 is 2.67 bits per heavy atom. The zero-order valence-corrected chi connectivity index (χ0v) is 18.0. The topological polar surface area (TPSA) is 92.0 Å². The molecule has 0 radical (unpaired) electrons. The molecule has 0 bridgehead atoms. The zero-order valence-electron chi connectivity index (χ0n) is 17.2. The van der Waals surface area contributed by atoms with Crippen LogP contribution in [-0.2, 0) is 12.8 Å². The minimum absolute atomic E-state index is 0. The molecular formula is C21H26ClN7O. The van der Waals surface area contributed by atoms with Crippen LogP contribution in [0.3, 0.4) is 0 Å². The summed E-state index contributed by atoms with van der Waals surface area (Å²) in [6, 6.07) is 4.07. The van der Waals surface area contributed by atoms with E-state index in [-0.39, 0.29) is 18.3 Å². The highest BCUT2D eigenvalue weighted by Gasteiger charge is 2.27. The van der Waals surface area contributed by atoms with Gasteiger partial charge >= 0.3 is 0 Å². The fourth-order valence-corrected chi connectivity index (χ4v) is 3.96.